The number of aryl methyl sites for hydroxylation is 3. The highest BCUT2D eigenvalue weighted by molar-refractivity contribution is 7.92. The van der Waals surface area contributed by atoms with Crippen LogP contribution in [-0.2, 0) is 16.6 Å². The summed E-state index contributed by atoms with van der Waals surface area (Å²) >= 11 is 0. The average molecular weight is 684 g/mol. The van der Waals surface area contributed by atoms with Crippen LogP contribution in [0.15, 0.2) is 59.8 Å². The molecule has 6 rings (SSSR count). The van der Waals surface area contributed by atoms with E-state index in [0.29, 0.717) is 23.9 Å². The number of carbonyl (C=O) groups is 1. The van der Waals surface area contributed by atoms with E-state index in [-0.39, 0.29) is 46.8 Å². The quantitative estimate of drug-likeness (QED) is 0.242. The second kappa shape index (κ2) is 13.4. The van der Waals surface area contributed by atoms with Crippen LogP contribution in [0.2, 0.25) is 0 Å². The van der Waals surface area contributed by atoms with Gasteiger partial charge in [-0.25, -0.2) is 23.1 Å². The fourth-order valence-electron chi connectivity index (χ4n) is 6.69. The van der Waals surface area contributed by atoms with Crippen LogP contribution in [0.1, 0.15) is 79.2 Å². The van der Waals surface area contributed by atoms with E-state index in [2.05, 4.69) is 57.5 Å². The summed E-state index contributed by atoms with van der Waals surface area (Å²) in [6, 6.07) is 11.9. The normalized spacial score (nSPS) is 17.9. The van der Waals surface area contributed by atoms with Crippen LogP contribution in [0.3, 0.4) is 0 Å². The SMILES string of the molecule is Cc1cc(C)c(-c2cc3nc(n2)NS(=O)(=O)c2cccc(c2)C(=O)N(Cc2cncc(N(C)C4CCC4)n2)[C@H](CC(C)(C)C)CO3)c(C)c1. The summed E-state index contributed by atoms with van der Waals surface area (Å²) in [6.07, 6.45) is 7.45. The topological polar surface area (TPSA) is 131 Å². The Hall–Kier alpha value is -4.58. The first-order valence-electron chi connectivity index (χ1n) is 16.7. The molecule has 0 spiro atoms. The minimum atomic E-state index is -4.18. The van der Waals surface area contributed by atoms with Crippen LogP contribution in [0.5, 0.6) is 5.88 Å². The van der Waals surface area contributed by atoms with E-state index in [0.717, 1.165) is 40.9 Å². The highest BCUT2D eigenvalue weighted by Gasteiger charge is 2.32. The van der Waals surface area contributed by atoms with E-state index in [9.17, 15) is 13.2 Å². The molecule has 11 nitrogen and oxygen atoms in total. The maximum Gasteiger partial charge on any atom is 0.264 e. The number of aromatic nitrogens is 4. The predicted molar refractivity (Wildman–Crippen MR) is 190 cm³/mol. The van der Waals surface area contributed by atoms with Crippen LogP contribution in [0, 0.1) is 26.2 Å². The minimum Gasteiger partial charge on any atom is -0.475 e. The predicted octanol–water partition coefficient (Wildman–Crippen LogP) is 6.49. The number of rotatable bonds is 6. The molecule has 12 heteroatoms. The molecule has 4 aromatic rings. The summed E-state index contributed by atoms with van der Waals surface area (Å²) in [5, 5.41) is 0. The fourth-order valence-corrected chi connectivity index (χ4v) is 7.68. The van der Waals surface area contributed by atoms with Crippen molar-refractivity contribution in [3.63, 3.8) is 0 Å². The lowest BCUT2D eigenvalue weighted by atomic mass is 9.87. The van der Waals surface area contributed by atoms with E-state index in [1.165, 1.54) is 18.6 Å². The van der Waals surface area contributed by atoms with Crippen LogP contribution in [0.25, 0.3) is 11.3 Å². The largest absolute Gasteiger partial charge is 0.475 e. The van der Waals surface area contributed by atoms with Crippen molar-refractivity contribution in [2.24, 2.45) is 5.41 Å². The highest BCUT2D eigenvalue weighted by Crippen LogP contribution is 2.33. The summed E-state index contributed by atoms with van der Waals surface area (Å²) in [4.78, 5) is 36.9. The molecule has 1 aliphatic heterocycles. The zero-order valence-electron chi connectivity index (χ0n) is 29.3. The van der Waals surface area contributed by atoms with Crippen molar-refractivity contribution >= 4 is 27.7 Å². The third kappa shape index (κ3) is 7.69. The number of amides is 1. The molecule has 0 saturated heterocycles. The monoisotopic (exact) mass is 683 g/mol. The molecule has 3 heterocycles. The molecule has 4 bridgehead atoms. The van der Waals surface area contributed by atoms with Crippen LogP contribution >= 0.6 is 0 Å². The number of benzene rings is 2. The molecule has 49 heavy (non-hydrogen) atoms. The number of sulfonamides is 1. The lowest BCUT2D eigenvalue weighted by Crippen LogP contribution is -2.45. The van der Waals surface area contributed by atoms with Gasteiger partial charge in [0.15, 0.2) is 0 Å². The van der Waals surface area contributed by atoms with Crippen LogP contribution in [-0.4, -0.2) is 64.9 Å². The minimum absolute atomic E-state index is 0.0759. The number of hydrogen-bond acceptors (Lipinski definition) is 9. The maximum absolute atomic E-state index is 14.5. The zero-order chi connectivity index (χ0) is 35.1. The molecule has 2 aromatic carbocycles. The van der Waals surface area contributed by atoms with Crippen molar-refractivity contribution in [2.45, 2.75) is 90.7 Å². The number of ether oxygens (including phenoxy) is 1. The first-order valence-corrected chi connectivity index (χ1v) is 18.2. The highest BCUT2D eigenvalue weighted by atomic mass is 32.2. The van der Waals surface area contributed by atoms with Gasteiger partial charge in [0.05, 0.1) is 41.3 Å². The molecule has 1 saturated carbocycles. The first-order chi connectivity index (χ1) is 23.2. The van der Waals surface area contributed by atoms with E-state index < -0.39 is 16.1 Å². The molecule has 258 valence electrons. The van der Waals surface area contributed by atoms with Gasteiger partial charge in [0.2, 0.25) is 11.8 Å². The van der Waals surface area contributed by atoms with Gasteiger partial charge in [0.25, 0.3) is 15.9 Å². The van der Waals surface area contributed by atoms with Gasteiger partial charge in [-0.1, -0.05) is 44.5 Å². The van der Waals surface area contributed by atoms with Crippen molar-refractivity contribution in [3.8, 4) is 17.1 Å². The lowest BCUT2D eigenvalue weighted by molar-refractivity contribution is 0.0509. The molecular weight excluding hydrogens is 639 g/mol. The Kier molecular flexibility index (Phi) is 9.36. The lowest BCUT2D eigenvalue weighted by Gasteiger charge is -2.36. The molecule has 0 radical (unpaired) electrons. The second-order valence-electron chi connectivity index (χ2n) is 14.5. The summed E-state index contributed by atoms with van der Waals surface area (Å²) < 4.78 is 36.4. The molecule has 2 aliphatic rings. The van der Waals surface area contributed by atoms with E-state index >= 15 is 0 Å². The number of carbonyl (C=O) groups excluding carboxylic acids is 1. The van der Waals surface area contributed by atoms with Crippen molar-refractivity contribution < 1.29 is 17.9 Å². The number of hydrogen-bond donors (Lipinski definition) is 1. The van der Waals surface area contributed by atoms with Gasteiger partial charge in [0, 0.05) is 30.3 Å². The summed E-state index contributed by atoms with van der Waals surface area (Å²) in [5.41, 5.74) is 5.18. The smallest absolute Gasteiger partial charge is 0.264 e. The van der Waals surface area contributed by atoms with Crippen molar-refractivity contribution in [3.05, 3.63) is 82.8 Å². The summed E-state index contributed by atoms with van der Waals surface area (Å²) in [7, 11) is -2.15. The Bertz CT molecular complexity index is 1970. The van der Waals surface area contributed by atoms with E-state index in [4.69, 9.17) is 9.72 Å². The Balaban J connectivity index is 1.46. The Morgan fingerprint density at radius 1 is 1.00 bits per heavy atom. The molecule has 2 aromatic heterocycles. The van der Waals surface area contributed by atoms with E-state index in [1.807, 2.05) is 27.8 Å². The molecule has 1 atom stereocenters. The number of fused-ring (bicyclic) bond motifs is 4. The second-order valence-corrected chi connectivity index (χ2v) is 16.2. The van der Waals surface area contributed by atoms with Gasteiger partial charge in [-0.2, -0.15) is 4.98 Å². The number of nitrogens with zero attached hydrogens (tertiary/aromatic N) is 6. The molecule has 1 aliphatic carbocycles. The third-order valence-corrected chi connectivity index (χ3v) is 10.5. The third-order valence-electron chi connectivity index (χ3n) is 9.21. The van der Waals surface area contributed by atoms with Crippen LogP contribution < -0.4 is 14.4 Å². The van der Waals surface area contributed by atoms with Gasteiger partial charge in [-0.05, 0) is 81.2 Å². The molecular formula is C37H45N7O4S. The van der Waals surface area contributed by atoms with Crippen molar-refractivity contribution in [1.82, 2.24) is 24.8 Å². The average Bonchev–Trinajstić information content (AvgIpc) is 2.99. The molecule has 1 fully saturated rings. The number of anilines is 2. The van der Waals surface area contributed by atoms with Gasteiger partial charge in [-0.3, -0.25) is 9.78 Å². The van der Waals surface area contributed by atoms with Crippen LogP contribution in [0.4, 0.5) is 11.8 Å². The van der Waals surface area contributed by atoms with Crippen molar-refractivity contribution in [1.29, 1.82) is 0 Å². The number of nitrogens with one attached hydrogen (secondary N) is 1. The Labute approximate surface area is 289 Å². The molecule has 0 unspecified atom stereocenters. The van der Waals surface area contributed by atoms with Gasteiger partial charge in [0.1, 0.15) is 12.4 Å². The maximum atomic E-state index is 14.5. The summed E-state index contributed by atoms with van der Waals surface area (Å²) in [5.74, 6) is 0.502. The first kappa shape index (κ1) is 34.3. The van der Waals surface area contributed by atoms with Gasteiger partial charge >= 0.3 is 0 Å². The zero-order valence-corrected chi connectivity index (χ0v) is 30.1. The molecule has 1 amide bonds. The Morgan fingerprint density at radius 2 is 1.73 bits per heavy atom. The summed E-state index contributed by atoms with van der Waals surface area (Å²) in [6.45, 7) is 12.6. The standard InChI is InChI=1S/C37H45N7O4S/c1-23-14-24(2)34(25(3)15-23)31-17-33-41-36(40-31)42-49(46,47)30-13-8-10-26(16-30)35(45)44(29(22-48-33)18-37(4,5)6)21-27-19-38-20-32(39-27)43(7)28-11-9-12-28/h8,10,13-17,19-20,28-29H,9,11-12,18,21-22H2,1-7H3,(H,40,41,42)/t29-/m1/s1. The molecule has 1 N–H and O–H groups in total. The van der Waals surface area contributed by atoms with Gasteiger partial charge < -0.3 is 14.5 Å². The van der Waals surface area contributed by atoms with E-state index in [1.54, 1.807) is 35.5 Å². The Morgan fingerprint density at radius 3 is 2.41 bits per heavy atom. The van der Waals surface area contributed by atoms with Gasteiger partial charge in [-0.15, -0.1) is 0 Å². The van der Waals surface area contributed by atoms with Crippen molar-refractivity contribution in [2.75, 3.05) is 23.3 Å². The fraction of sp³-hybridized carbons (Fsp3) is 0.432.